The van der Waals surface area contributed by atoms with Gasteiger partial charge in [-0.05, 0) is 10.6 Å². The summed E-state index contributed by atoms with van der Waals surface area (Å²) in [5.74, 6) is 4.41. The fourth-order valence-electron chi connectivity index (χ4n) is 0.594. The molecule has 1 aromatic heterocycles. The molecule has 0 unspecified atom stereocenters. The van der Waals surface area contributed by atoms with E-state index in [2.05, 4.69) is 20.0 Å². The molecule has 0 saturated carbocycles. The molecule has 0 radical (unpaired) electrons. The van der Waals surface area contributed by atoms with Crippen molar-refractivity contribution < 1.29 is 4.79 Å². The normalized spacial score (nSPS) is 8.75. The summed E-state index contributed by atoms with van der Waals surface area (Å²) in [6.45, 7) is 0. The Hall–Kier alpha value is -2.05. The first-order valence-corrected chi connectivity index (χ1v) is 2.89. The highest BCUT2D eigenvalue weighted by molar-refractivity contribution is 5.90. The number of hydrazine groups is 1. The first-order valence-electron chi connectivity index (χ1n) is 2.89. The summed E-state index contributed by atoms with van der Waals surface area (Å²) in [5.41, 5.74) is 9.88. The van der Waals surface area contributed by atoms with Crippen molar-refractivity contribution in [2.75, 3.05) is 0 Å². The van der Waals surface area contributed by atoms with Gasteiger partial charge >= 0.3 is 5.91 Å². The van der Waals surface area contributed by atoms with Gasteiger partial charge in [0, 0.05) is 4.91 Å². The van der Waals surface area contributed by atoms with E-state index >= 15 is 0 Å². The minimum atomic E-state index is -0.575. The Morgan fingerprint density at radius 1 is 1.92 bits per heavy atom. The Morgan fingerprint density at radius 3 is 3.25 bits per heavy atom. The first-order chi connectivity index (χ1) is 5.77. The average Bonchev–Trinajstić information content (AvgIpc) is 2.52. The molecule has 12 heavy (non-hydrogen) atoms. The molecule has 8 nitrogen and oxygen atoms in total. The van der Waals surface area contributed by atoms with Gasteiger partial charge in [-0.15, -0.1) is 0 Å². The summed E-state index contributed by atoms with van der Waals surface area (Å²) in [4.78, 5) is 19.3. The lowest BCUT2D eigenvalue weighted by Crippen LogP contribution is -2.30. The number of nitrogens with one attached hydrogen (secondary N) is 2. The molecular weight excluding hydrogens is 162 g/mol. The van der Waals surface area contributed by atoms with E-state index in [0.717, 1.165) is 0 Å². The van der Waals surface area contributed by atoms with Crippen molar-refractivity contribution in [1.29, 1.82) is 0 Å². The molecule has 0 aliphatic carbocycles. The van der Waals surface area contributed by atoms with E-state index in [1.165, 1.54) is 6.20 Å². The zero-order valence-electron chi connectivity index (χ0n) is 5.85. The van der Waals surface area contributed by atoms with Gasteiger partial charge in [0.05, 0.1) is 6.20 Å². The topological polar surface area (TPSA) is 133 Å². The highest BCUT2D eigenvalue weighted by atomic mass is 16.2. The minimum Gasteiger partial charge on any atom is -0.332 e. The second kappa shape index (κ2) is 3.37. The first kappa shape index (κ1) is 8.05. The van der Waals surface area contributed by atoms with E-state index in [1.54, 1.807) is 0 Å². The largest absolute Gasteiger partial charge is 0.332 e. The molecule has 0 atom stereocenters. The Labute approximate surface area is 66.4 Å². The molecule has 1 aromatic rings. The number of carbonyl (C=O) groups is 1. The van der Waals surface area contributed by atoms with Crippen LogP contribution in [0.25, 0.3) is 10.4 Å². The van der Waals surface area contributed by atoms with Crippen molar-refractivity contribution in [3.05, 3.63) is 22.5 Å². The lowest BCUT2D eigenvalue weighted by atomic mass is 10.6. The van der Waals surface area contributed by atoms with Gasteiger partial charge in [-0.3, -0.25) is 10.2 Å². The Morgan fingerprint density at radius 2 is 2.67 bits per heavy atom. The average molecular weight is 167 g/mol. The second-order valence-corrected chi connectivity index (χ2v) is 1.78. The van der Waals surface area contributed by atoms with Crippen LogP contribution < -0.4 is 11.3 Å². The van der Waals surface area contributed by atoms with E-state index in [0.29, 0.717) is 0 Å². The summed E-state index contributed by atoms with van der Waals surface area (Å²) in [6, 6.07) is 0. The lowest BCUT2D eigenvalue weighted by Gasteiger charge is -1.90. The van der Waals surface area contributed by atoms with E-state index in [1.807, 2.05) is 5.43 Å². The molecule has 1 rings (SSSR count). The van der Waals surface area contributed by atoms with Crippen LogP contribution in [0.5, 0.6) is 0 Å². The third-order valence-corrected chi connectivity index (χ3v) is 1.06. The van der Waals surface area contributed by atoms with E-state index in [-0.39, 0.29) is 11.6 Å². The number of aromatic nitrogens is 2. The van der Waals surface area contributed by atoms with Crippen LogP contribution in [0.3, 0.4) is 0 Å². The van der Waals surface area contributed by atoms with Crippen LogP contribution >= 0.6 is 0 Å². The SMILES string of the molecule is [N-]=[N+]=Nc1cnc(C(=O)NN)[nH]1. The number of nitrogens with two attached hydrogens (primary N) is 1. The number of rotatable bonds is 2. The maximum Gasteiger partial charge on any atom is 0.300 e. The van der Waals surface area contributed by atoms with Crippen molar-refractivity contribution in [1.82, 2.24) is 15.4 Å². The minimum absolute atomic E-state index is 0.0000926. The van der Waals surface area contributed by atoms with Gasteiger partial charge in [-0.2, -0.15) is 0 Å². The molecular formula is C4H5N7O. The standard InChI is InChI=1S/C4H5N7O/c5-9-4(12)3-7-1-2(8-3)10-11-6/h1H,5H2,(H,7,8)(H,9,12). The van der Waals surface area contributed by atoms with Crippen molar-refractivity contribution >= 4 is 11.7 Å². The third kappa shape index (κ3) is 1.51. The number of carbonyl (C=O) groups excluding carboxylic acids is 1. The summed E-state index contributed by atoms with van der Waals surface area (Å²) in [5, 5.41) is 3.19. The summed E-state index contributed by atoms with van der Waals surface area (Å²) in [6.07, 6.45) is 1.23. The van der Waals surface area contributed by atoms with Crippen molar-refractivity contribution in [3.63, 3.8) is 0 Å². The van der Waals surface area contributed by atoms with Crippen molar-refractivity contribution in [3.8, 4) is 0 Å². The molecule has 0 aliphatic heterocycles. The molecule has 0 fully saturated rings. The zero-order valence-corrected chi connectivity index (χ0v) is 5.85. The van der Waals surface area contributed by atoms with Crippen LogP contribution in [-0.4, -0.2) is 15.9 Å². The van der Waals surface area contributed by atoms with Crippen LogP contribution in [0.1, 0.15) is 10.6 Å². The summed E-state index contributed by atoms with van der Waals surface area (Å²) < 4.78 is 0. The van der Waals surface area contributed by atoms with E-state index in [9.17, 15) is 4.79 Å². The van der Waals surface area contributed by atoms with E-state index < -0.39 is 5.91 Å². The summed E-state index contributed by atoms with van der Waals surface area (Å²) in [7, 11) is 0. The molecule has 1 amide bonds. The van der Waals surface area contributed by atoms with Gasteiger partial charge < -0.3 is 4.98 Å². The molecule has 4 N–H and O–H groups in total. The predicted octanol–water partition coefficient (Wildman–Crippen LogP) is -0.0450. The number of aromatic amines is 1. The van der Waals surface area contributed by atoms with Crippen LogP contribution in [0.4, 0.5) is 5.82 Å². The zero-order chi connectivity index (χ0) is 8.97. The van der Waals surface area contributed by atoms with Gasteiger partial charge in [0.2, 0.25) is 0 Å². The Bertz CT molecular complexity index is 335. The maximum absolute atomic E-state index is 10.8. The number of nitrogen functional groups attached to an aromatic ring is 1. The highest BCUT2D eigenvalue weighted by Gasteiger charge is 2.06. The quantitative estimate of drug-likeness (QED) is 0.142. The fourth-order valence-corrected chi connectivity index (χ4v) is 0.594. The molecule has 0 spiro atoms. The van der Waals surface area contributed by atoms with Gasteiger partial charge in [-0.25, -0.2) is 10.8 Å². The van der Waals surface area contributed by atoms with Crippen LogP contribution in [-0.2, 0) is 0 Å². The maximum atomic E-state index is 10.8. The van der Waals surface area contributed by atoms with E-state index in [4.69, 9.17) is 11.4 Å². The predicted molar refractivity (Wildman–Crippen MR) is 39.0 cm³/mol. The smallest absolute Gasteiger partial charge is 0.300 e. The third-order valence-electron chi connectivity index (χ3n) is 1.06. The molecule has 8 heteroatoms. The lowest BCUT2D eigenvalue weighted by molar-refractivity contribution is 0.0944. The molecule has 0 bridgehead atoms. The van der Waals surface area contributed by atoms with Crippen LogP contribution in [0, 0.1) is 0 Å². The van der Waals surface area contributed by atoms with Crippen molar-refractivity contribution in [2.24, 2.45) is 11.0 Å². The highest BCUT2D eigenvalue weighted by Crippen LogP contribution is 2.06. The molecule has 1 heterocycles. The second-order valence-electron chi connectivity index (χ2n) is 1.78. The van der Waals surface area contributed by atoms with Gasteiger partial charge in [0.1, 0.15) is 5.82 Å². The monoisotopic (exact) mass is 167 g/mol. The van der Waals surface area contributed by atoms with Crippen LogP contribution in [0.15, 0.2) is 11.3 Å². The number of azide groups is 1. The van der Waals surface area contributed by atoms with Crippen molar-refractivity contribution in [2.45, 2.75) is 0 Å². The number of imidazole rings is 1. The van der Waals surface area contributed by atoms with Crippen LogP contribution in [0.2, 0.25) is 0 Å². The molecule has 0 saturated heterocycles. The number of hydrogen-bond donors (Lipinski definition) is 3. The Kier molecular flexibility index (Phi) is 2.26. The Balaban J connectivity index is 2.91. The number of hydrogen-bond acceptors (Lipinski definition) is 4. The van der Waals surface area contributed by atoms with Gasteiger partial charge in [0.15, 0.2) is 5.82 Å². The van der Waals surface area contributed by atoms with Gasteiger partial charge in [0.25, 0.3) is 0 Å². The molecule has 62 valence electrons. The summed E-state index contributed by atoms with van der Waals surface area (Å²) >= 11 is 0. The molecule has 0 aromatic carbocycles. The fraction of sp³-hybridized carbons (Fsp3) is 0. The number of amides is 1. The number of H-pyrrole nitrogens is 1. The number of nitrogens with zero attached hydrogens (tertiary/aromatic N) is 4. The molecule has 0 aliphatic rings. The van der Waals surface area contributed by atoms with Gasteiger partial charge in [-0.1, -0.05) is 0 Å².